The van der Waals surface area contributed by atoms with Crippen molar-refractivity contribution in [3.8, 4) is 0 Å². The molecule has 0 saturated heterocycles. The summed E-state index contributed by atoms with van der Waals surface area (Å²) in [5, 5.41) is 23.8. The highest BCUT2D eigenvalue weighted by Gasteiger charge is 2.24. The highest BCUT2D eigenvalue weighted by molar-refractivity contribution is 5.77. The van der Waals surface area contributed by atoms with Gasteiger partial charge in [0.25, 0.3) is 0 Å². The van der Waals surface area contributed by atoms with Crippen molar-refractivity contribution >= 4 is 11.9 Å². The van der Waals surface area contributed by atoms with Gasteiger partial charge in [-0.25, -0.2) is 0 Å². The first-order valence-electron chi connectivity index (χ1n) is 28.1. The first kappa shape index (κ1) is 61.3. The normalized spacial score (nSPS) is 13.3. The van der Waals surface area contributed by atoms with E-state index in [-0.39, 0.29) is 24.9 Å². The largest absolute Gasteiger partial charge is 0.462 e. The summed E-state index contributed by atoms with van der Waals surface area (Å²) in [6.07, 6.45) is 59.6. The van der Waals surface area contributed by atoms with Crippen LogP contribution in [0.3, 0.4) is 0 Å². The molecule has 0 aliphatic heterocycles. The number of ether oxygens (including phenoxy) is 1. The average molecular weight is 889 g/mol. The summed E-state index contributed by atoms with van der Waals surface area (Å²) >= 11 is 0. The molecule has 0 fully saturated rings. The Labute approximate surface area is 392 Å². The molecule has 0 aromatic heterocycles. The summed E-state index contributed by atoms with van der Waals surface area (Å²) in [4.78, 5) is 26.2. The predicted molar refractivity (Wildman–Crippen MR) is 273 cm³/mol. The molecule has 0 saturated carbocycles. The van der Waals surface area contributed by atoms with E-state index in [0.717, 1.165) is 64.2 Å². The van der Waals surface area contributed by atoms with Gasteiger partial charge in [-0.1, -0.05) is 238 Å². The van der Waals surface area contributed by atoms with Gasteiger partial charge < -0.3 is 20.3 Å². The van der Waals surface area contributed by atoms with Crippen LogP contribution in [0.15, 0.2) is 24.3 Å². The third-order valence-corrected chi connectivity index (χ3v) is 13.0. The van der Waals surface area contributed by atoms with Gasteiger partial charge in [-0.05, 0) is 77.0 Å². The summed E-state index contributed by atoms with van der Waals surface area (Å²) in [6.45, 7) is 6.50. The maximum atomic E-state index is 13.2. The average Bonchev–Trinajstić information content (AvgIpc) is 3.28. The number of allylic oxidation sites excluding steroid dienone is 4. The van der Waals surface area contributed by atoms with Gasteiger partial charge in [0.1, 0.15) is 6.10 Å². The number of carbonyl (C=O) groups is 2. The van der Waals surface area contributed by atoms with Crippen LogP contribution >= 0.6 is 0 Å². The number of aliphatic hydroxyl groups excluding tert-OH is 2. The fourth-order valence-corrected chi connectivity index (χ4v) is 8.72. The van der Waals surface area contributed by atoms with E-state index in [4.69, 9.17) is 4.74 Å². The number of unbranched alkanes of at least 4 members (excludes halogenated alkanes) is 35. The zero-order valence-corrected chi connectivity index (χ0v) is 42.5. The molecular weight excluding hydrogens is 779 g/mol. The van der Waals surface area contributed by atoms with Gasteiger partial charge in [-0.15, -0.1) is 0 Å². The van der Waals surface area contributed by atoms with Crippen LogP contribution < -0.4 is 5.32 Å². The van der Waals surface area contributed by atoms with E-state index in [0.29, 0.717) is 19.3 Å². The monoisotopic (exact) mass is 888 g/mol. The molecule has 3 N–H and O–H groups in total. The maximum Gasteiger partial charge on any atom is 0.306 e. The second-order valence-corrected chi connectivity index (χ2v) is 19.3. The molecule has 63 heavy (non-hydrogen) atoms. The molecule has 0 spiro atoms. The van der Waals surface area contributed by atoms with E-state index in [9.17, 15) is 19.8 Å². The fraction of sp³-hybridized carbons (Fsp3) is 0.895. The third kappa shape index (κ3) is 46.7. The topological polar surface area (TPSA) is 95.9 Å². The van der Waals surface area contributed by atoms with Gasteiger partial charge in [0.15, 0.2) is 0 Å². The van der Waals surface area contributed by atoms with Gasteiger partial charge in [0.05, 0.1) is 25.2 Å². The Morgan fingerprint density at radius 2 is 0.762 bits per heavy atom. The smallest absolute Gasteiger partial charge is 0.306 e. The number of carbonyl (C=O) groups excluding carboxylic acids is 2. The first-order chi connectivity index (χ1) is 31.0. The van der Waals surface area contributed by atoms with Gasteiger partial charge >= 0.3 is 5.97 Å². The molecule has 0 heterocycles. The lowest BCUT2D eigenvalue weighted by Crippen LogP contribution is -2.46. The number of nitrogens with one attached hydrogen (secondary N) is 1. The van der Waals surface area contributed by atoms with E-state index in [2.05, 4.69) is 50.4 Å². The molecule has 6 heteroatoms. The number of hydrogen-bond acceptors (Lipinski definition) is 5. The Hall–Kier alpha value is -1.66. The molecule has 0 aromatic carbocycles. The van der Waals surface area contributed by atoms with E-state index in [1.54, 1.807) is 0 Å². The summed E-state index contributed by atoms with van der Waals surface area (Å²) < 4.78 is 5.95. The van der Waals surface area contributed by atoms with E-state index < -0.39 is 18.2 Å². The Kier molecular flexibility index (Phi) is 50.0. The molecule has 0 aliphatic rings. The zero-order chi connectivity index (χ0) is 45.9. The highest BCUT2D eigenvalue weighted by atomic mass is 16.5. The van der Waals surface area contributed by atoms with Crippen LogP contribution in [0.5, 0.6) is 0 Å². The second-order valence-electron chi connectivity index (χ2n) is 19.3. The van der Waals surface area contributed by atoms with E-state index >= 15 is 0 Å². The Morgan fingerprint density at radius 3 is 1.13 bits per heavy atom. The van der Waals surface area contributed by atoms with Crippen molar-refractivity contribution in [3.05, 3.63) is 24.3 Å². The van der Waals surface area contributed by atoms with Crippen LogP contribution in [0.2, 0.25) is 0 Å². The van der Waals surface area contributed by atoms with Crippen molar-refractivity contribution in [3.63, 3.8) is 0 Å². The standard InChI is InChI=1S/C57H109NO5/c1-4-7-10-13-16-19-22-24-26-27-28-30-32-35-38-41-44-47-50-57(62)63-53(48-45-42-39-36-34-31-29-25-23-20-17-14-11-8-5-2)51-56(61)58-54(52-59)55(60)49-46-43-40-37-33-21-18-15-12-9-6-3/h25,28-30,53-55,59-60H,4-24,26-27,31-52H2,1-3H3,(H,58,61)/b29-25+,30-28+. The van der Waals surface area contributed by atoms with Crippen LogP contribution in [-0.2, 0) is 14.3 Å². The quantitative estimate of drug-likeness (QED) is 0.0321. The molecule has 3 unspecified atom stereocenters. The number of esters is 1. The molecule has 0 aliphatic carbocycles. The summed E-state index contributed by atoms with van der Waals surface area (Å²) in [5.41, 5.74) is 0. The zero-order valence-electron chi connectivity index (χ0n) is 42.5. The number of hydrogen-bond donors (Lipinski definition) is 3. The van der Waals surface area contributed by atoms with E-state index in [1.165, 1.54) is 193 Å². The number of rotatable bonds is 51. The lowest BCUT2D eigenvalue weighted by Gasteiger charge is -2.24. The third-order valence-electron chi connectivity index (χ3n) is 13.0. The first-order valence-corrected chi connectivity index (χ1v) is 28.1. The van der Waals surface area contributed by atoms with Crippen molar-refractivity contribution in [2.24, 2.45) is 0 Å². The predicted octanol–water partition coefficient (Wildman–Crippen LogP) is 17.1. The minimum absolute atomic E-state index is 0.0729. The Morgan fingerprint density at radius 1 is 0.444 bits per heavy atom. The van der Waals surface area contributed by atoms with Crippen molar-refractivity contribution in [2.45, 2.75) is 322 Å². The number of aliphatic hydroxyl groups is 2. The maximum absolute atomic E-state index is 13.2. The molecular formula is C57H109NO5. The van der Waals surface area contributed by atoms with Crippen LogP contribution in [0, 0.1) is 0 Å². The van der Waals surface area contributed by atoms with Crippen molar-refractivity contribution in [2.75, 3.05) is 6.61 Å². The van der Waals surface area contributed by atoms with Gasteiger partial charge in [-0.3, -0.25) is 9.59 Å². The van der Waals surface area contributed by atoms with Gasteiger partial charge in [-0.2, -0.15) is 0 Å². The van der Waals surface area contributed by atoms with Crippen LogP contribution in [-0.4, -0.2) is 46.9 Å². The van der Waals surface area contributed by atoms with Gasteiger partial charge in [0.2, 0.25) is 5.91 Å². The lowest BCUT2D eigenvalue weighted by atomic mass is 10.0. The summed E-state index contributed by atoms with van der Waals surface area (Å²) in [7, 11) is 0. The summed E-state index contributed by atoms with van der Waals surface area (Å²) in [5.74, 6) is -0.477. The molecule has 0 aromatic rings. The highest BCUT2D eigenvalue weighted by Crippen LogP contribution is 2.18. The molecule has 1 amide bonds. The van der Waals surface area contributed by atoms with Crippen LogP contribution in [0.25, 0.3) is 0 Å². The second kappa shape index (κ2) is 51.3. The Bertz CT molecular complexity index is 997. The minimum atomic E-state index is -0.788. The van der Waals surface area contributed by atoms with Crippen molar-refractivity contribution in [1.29, 1.82) is 0 Å². The SMILES string of the molecule is CCCCCCCC/C=C/CCCCCCCC(CC(=O)NC(CO)C(O)CCCCCCCCCCCCC)OC(=O)CCCCCCC/C=C/CCCCCCCCCCC. The van der Waals surface area contributed by atoms with Crippen LogP contribution in [0.1, 0.15) is 303 Å². The molecule has 6 nitrogen and oxygen atoms in total. The van der Waals surface area contributed by atoms with Gasteiger partial charge in [0, 0.05) is 6.42 Å². The molecule has 3 atom stereocenters. The molecule has 0 bridgehead atoms. The minimum Gasteiger partial charge on any atom is -0.462 e. The molecule has 0 radical (unpaired) electrons. The number of amides is 1. The van der Waals surface area contributed by atoms with Crippen molar-refractivity contribution < 1.29 is 24.5 Å². The summed E-state index contributed by atoms with van der Waals surface area (Å²) in [6, 6.07) is -0.702. The lowest BCUT2D eigenvalue weighted by molar-refractivity contribution is -0.151. The van der Waals surface area contributed by atoms with Crippen molar-refractivity contribution in [1.82, 2.24) is 5.32 Å². The molecule has 372 valence electrons. The van der Waals surface area contributed by atoms with E-state index in [1.807, 2.05) is 0 Å². The Balaban J connectivity index is 4.54. The molecule has 0 rings (SSSR count). The fourth-order valence-electron chi connectivity index (χ4n) is 8.72. The van der Waals surface area contributed by atoms with Crippen LogP contribution in [0.4, 0.5) is 0 Å².